The smallest absolute Gasteiger partial charge is 0.346 e. The van der Waals surface area contributed by atoms with Gasteiger partial charge in [0.2, 0.25) is 0 Å². The van der Waals surface area contributed by atoms with Gasteiger partial charge >= 0.3 is 5.97 Å². The fourth-order valence-corrected chi connectivity index (χ4v) is 6.49. The van der Waals surface area contributed by atoms with Gasteiger partial charge in [0.1, 0.15) is 4.88 Å². The number of carboxylic acid groups (broad SMARTS) is 1. The van der Waals surface area contributed by atoms with Crippen molar-refractivity contribution in [2.45, 2.75) is 51.1 Å². The average Bonchev–Trinajstić information content (AvgIpc) is 3.38. The topological polar surface area (TPSA) is 56.3 Å². The molecule has 2 aromatic carbocycles. The minimum absolute atomic E-state index is 0.466. The van der Waals surface area contributed by atoms with Crippen molar-refractivity contribution < 1.29 is 9.90 Å². The molecule has 0 saturated heterocycles. The van der Waals surface area contributed by atoms with E-state index in [1.165, 1.54) is 65.8 Å². The number of hydrogen-bond acceptors (Lipinski definition) is 3. The van der Waals surface area contributed by atoms with Gasteiger partial charge in [-0.2, -0.15) is 0 Å². The molecule has 0 radical (unpaired) electrons. The Hall–Kier alpha value is -2.89. The predicted molar refractivity (Wildman–Crippen MR) is 136 cm³/mol. The van der Waals surface area contributed by atoms with Crippen LogP contribution in [0.4, 0.5) is 0 Å². The minimum atomic E-state index is -0.830. The molecule has 2 N–H and O–H groups in total. The van der Waals surface area contributed by atoms with Gasteiger partial charge in [-0.15, -0.1) is 11.3 Å². The molecule has 0 bridgehead atoms. The molecule has 0 aliphatic heterocycles. The number of carboxylic acids is 1. The largest absolute Gasteiger partial charge is 0.477 e. The molecule has 0 unspecified atom stereocenters. The maximum atomic E-state index is 12.2. The minimum Gasteiger partial charge on any atom is -0.477 e. The highest BCUT2D eigenvalue weighted by molar-refractivity contribution is 7.21. The Morgan fingerprint density at radius 2 is 1.67 bits per heavy atom. The van der Waals surface area contributed by atoms with E-state index in [4.69, 9.17) is 0 Å². The van der Waals surface area contributed by atoms with E-state index in [9.17, 15) is 9.90 Å². The SMILES string of the molecule is CN(Cc1ccccc1)Cc1c(C(=O)O)sc2c(C3CCCCC3)c(-c3ccccc3)[nH]c12. The van der Waals surface area contributed by atoms with Gasteiger partial charge in [-0.1, -0.05) is 79.9 Å². The van der Waals surface area contributed by atoms with Gasteiger partial charge in [-0.05, 0) is 42.5 Å². The lowest BCUT2D eigenvalue weighted by Gasteiger charge is -2.22. The van der Waals surface area contributed by atoms with Crippen LogP contribution in [0.1, 0.15) is 64.4 Å². The van der Waals surface area contributed by atoms with Crippen LogP contribution in [0.15, 0.2) is 60.7 Å². The van der Waals surface area contributed by atoms with E-state index < -0.39 is 5.97 Å². The molecule has 0 spiro atoms. The second-order valence-electron chi connectivity index (χ2n) is 9.19. The van der Waals surface area contributed by atoms with Gasteiger partial charge in [0, 0.05) is 18.7 Å². The third-order valence-corrected chi connectivity index (χ3v) is 8.02. The van der Waals surface area contributed by atoms with Crippen molar-refractivity contribution in [3.8, 4) is 11.3 Å². The lowest BCUT2D eigenvalue weighted by Crippen LogP contribution is -2.18. The van der Waals surface area contributed by atoms with E-state index in [2.05, 4.69) is 53.3 Å². The summed E-state index contributed by atoms with van der Waals surface area (Å²) in [7, 11) is 2.06. The molecule has 1 fully saturated rings. The number of nitrogens with one attached hydrogen (secondary N) is 1. The van der Waals surface area contributed by atoms with Crippen LogP contribution in [-0.2, 0) is 13.1 Å². The second-order valence-corrected chi connectivity index (χ2v) is 10.2. The number of benzene rings is 2. The van der Waals surface area contributed by atoms with Gasteiger partial charge in [0.05, 0.1) is 15.9 Å². The first kappa shape index (κ1) is 21.9. The van der Waals surface area contributed by atoms with Crippen LogP contribution in [0.5, 0.6) is 0 Å². The molecule has 4 aromatic rings. The molecule has 4 nitrogen and oxygen atoms in total. The zero-order chi connectivity index (χ0) is 22.8. The van der Waals surface area contributed by atoms with Crippen molar-refractivity contribution in [1.29, 1.82) is 0 Å². The summed E-state index contributed by atoms with van der Waals surface area (Å²) in [6, 6.07) is 20.8. The highest BCUT2D eigenvalue weighted by Crippen LogP contribution is 2.46. The van der Waals surface area contributed by atoms with Crippen LogP contribution in [0.2, 0.25) is 0 Å². The zero-order valence-corrected chi connectivity index (χ0v) is 19.8. The summed E-state index contributed by atoms with van der Waals surface area (Å²) in [6.45, 7) is 1.37. The van der Waals surface area contributed by atoms with Gasteiger partial charge in [0.25, 0.3) is 0 Å². The van der Waals surface area contributed by atoms with Crippen molar-refractivity contribution in [1.82, 2.24) is 9.88 Å². The highest BCUT2D eigenvalue weighted by atomic mass is 32.1. The lowest BCUT2D eigenvalue weighted by molar-refractivity contribution is 0.0700. The molecule has 2 heterocycles. The zero-order valence-electron chi connectivity index (χ0n) is 19.0. The number of carbonyl (C=O) groups is 1. The fraction of sp³-hybridized carbons (Fsp3) is 0.321. The van der Waals surface area contributed by atoms with Crippen LogP contribution >= 0.6 is 11.3 Å². The molecule has 1 aliphatic rings. The van der Waals surface area contributed by atoms with E-state index in [1.54, 1.807) is 0 Å². The number of H-pyrrole nitrogens is 1. The summed E-state index contributed by atoms with van der Waals surface area (Å²) >= 11 is 1.46. The monoisotopic (exact) mass is 458 g/mol. The van der Waals surface area contributed by atoms with Gasteiger partial charge < -0.3 is 10.1 Å². The van der Waals surface area contributed by atoms with Crippen LogP contribution in [0.3, 0.4) is 0 Å². The maximum Gasteiger partial charge on any atom is 0.346 e. The number of thiophene rings is 1. The third kappa shape index (κ3) is 4.48. The molecule has 170 valence electrons. The maximum absolute atomic E-state index is 12.2. The number of hydrogen-bond donors (Lipinski definition) is 2. The lowest BCUT2D eigenvalue weighted by atomic mass is 9.83. The molecular weight excluding hydrogens is 428 g/mol. The fourth-order valence-electron chi connectivity index (χ4n) is 5.25. The Balaban J connectivity index is 1.60. The molecule has 1 saturated carbocycles. The Labute approximate surface area is 198 Å². The first-order valence-corrected chi connectivity index (χ1v) is 12.6. The molecule has 0 atom stereocenters. The van der Waals surface area contributed by atoms with Gasteiger partial charge in [-0.3, -0.25) is 4.90 Å². The second kappa shape index (κ2) is 9.54. The quantitative estimate of drug-likeness (QED) is 0.306. The summed E-state index contributed by atoms with van der Waals surface area (Å²) in [5.41, 5.74) is 6.83. The molecule has 33 heavy (non-hydrogen) atoms. The van der Waals surface area contributed by atoms with Crippen molar-refractivity contribution in [3.05, 3.63) is 82.2 Å². The standard InChI is InChI=1S/C28H30N2O2S/c1-30(17-19-11-5-2-6-12-19)18-22-25-27(33-26(22)28(31)32)23(20-13-7-3-8-14-20)24(29-25)21-15-9-4-10-16-21/h2,4-6,9-12,15-16,20,29H,3,7-8,13-14,17-18H2,1H3,(H,31,32). The number of aromatic nitrogens is 1. The van der Waals surface area contributed by atoms with Gasteiger partial charge in [-0.25, -0.2) is 4.79 Å². The summed E-state index contributed by atoms with van der Waals surface area (Å²) in [5, 5.41) is 10.1. The number of aromatic carboxylic acids is 1. The Morgan fingerprint density at radius 1 is 1.00 bits per heavy atom. The van der Waals surface area contributed by atoms with Crippen molar-refractivity contribution in [3.63, 3.8) is 0 Å². The number of rotatable bonds is 7. The van der Waals surface area contributed by atoms with Crippen LogP contribution in [0.25, 0.3) is 21.5 Å². The van der Waals surface area contributed by atoms with Crippen molar-refractivity contribution in [2.24, 2.45) is 0 Å². The van der Waals surface area contributed by atoms with Crippen molar-refractivity contribution >= 4 is 27.5 Å². The van der Waals surface area contributed by atoms with E-state index in [0.29, 0.717) is 17.3 Å². The predicted octanol–water partition coefficient (Wildman–Crippen LogP) is 7.27. The number of aromatic amines is 1. The molecular formula is C28H30N2O2S. The van der Waals surface area contributed by atoms with Crippen LogP contribution in [0, 0.1) is 0 Å². The van der Waals surface area contributed by atoms with E-state index in [0.717, 1.165) is 22.3 Å². The summed E-state index contributed by atoms with van der Waals surface area (Å²) in [6.07, 6.45) is 6.14. The first-order valence-electron chi connectivity index (χ1n) is 11.8. The molecule has 1 aliphatic carbocycles. The van der Waals surface area contributed by atoms with Gasteiger partial charge in [0.15, 0.2) is 0 Å². The Bertz CT molecular complexity index is 1240. The van der Waals surface area contributed by atoms with E-state index >= 15 is 0 Å². The first-order chi connectivity index (χ1) is 16.1. The highest BCUT2D eigenvalue weighted by Gasteiger charge is 2.29. The average molecular weight is 459 g/mol. The molecule has 5 rings (SSSR count). The van der Waals surface area contributed by atoms with Crippen LogP contribution in [-0.4, -0.2) is 28.0 Å². The van der Waals surface area contributed by atoms with Crippen LogP contribution < -0.4 is 0 Å². The summed E-state index contributed by atoms with van der Waals surface area (Å²) in [4.78, 5) is 18.6. The Morgan fingerprint density at radius 3 is 2.33 bits per heavy atom. The molecule has 5 heteroatoms. The summed E-state index contributed by atoms with van der Waals surface area (Å²) in [5.74, 6) is -0.346. The number of nitrogens with zero attached hydrogens (tertiary/aromatic N) is 1. The molecule has 2 aromatic heterocycles. The van der Waals surface area contributed by atoms with Crippen molar-refractivity contribution in [2.75, 3.05) is 7.05 Å². The van der Waals surface area contributed by atoms with E-state index in [-0.39, 0.29) is 0 Å². The number of fused-ring (bicyclic) bond motifs is 1. The Kier molecular flexibility index (Phi) is 6.34. The molecule has 0 amide bonds. The third-order valence-electron chi connectivity index (χ3n) is 6.76. The van der Waals surface area contributed by atoms with E-state index in [1.807, 2.05) is 24.3 Å². The normalized spacial score (nSPS) is 14.8. The summed E-state index contributed by atoms with van der Waals surface area (Å²) < 4.78 is 1.14.